The lowest BCUT2D eigenvalue weighted by molar-refractivity contribution is 0.485. The van der Waals surface area contributed by atoms with Crippen molar-refractivity contribution < 1.29 is 13.0 Å². The Labute approximate surface area is 74.9 Å². The maximum absolute atomic E-state index is 10.2. The van der Waals surface area contributed by atoms with Crippen molar-refractivity contribution in [1.29, 1.82) is 0 Å². The van der Waals surface area contributed by atoms with Gasteiger partial charge in [0.1, 0.15) is 5.75 Å². The van der Waals surface area contributed by atoms with Gasteiger partial charge in [0.05, 0.1) is 0 Å². The van der Waals surface area contributed by atoms with Crippen molar-refractivity contribution in [3.05, 3.63) is 5.75 Å². The Morgan fingerprint density at radius 2 is 1.92 bits per heavy atom. The maximum Gasteiger partial charge on any atom is 0.269 e. The highest BCUT2D eigenvalue weighted by Gasteiger charge is 2.03. The summed E-state index contributed by atoms with van der Waals surface area (Å²) in [5, 5.41) is 0. The van der Waals surface area contributed by atoms with Gasteiger partial charge in [0.25, 0.3) is 10.1 Å². The van der Waals surface area contributed by atoms with Gasteiger partial charge in [-0.2, -0.15) is 8.42 Å². The van der Waals surface area contributed by atoms with Crippen molar-refractivity contribution in [3.8, 4) is 0 Å². The summed E-state index contributed by atoms with van der Waals surface area (Å²) in [4.78, 5) is 0. The fourth-order valence-corrected chi connectivity index (χ4v) is 1.39. The van der Waals surface area contributed by atoms with E-state index in [0.29, 0.717) is 12.3 Å². The van der Waals surface area contributed by atoms with Crippen molar-refractivity contribution >= 4 is 10.1 Å². The van der Waals surface area contributed by atoms with E-state index in [-0.39, 0.29) is 0 Å². The van der Waals surface area contributed by atoms with E-state index in [1.54, 1.807) is 0 Å². The standard InChI is InChI=1S/C8H17O3S/c1-8(2)6-4-3-5-7-12(9,10)11/h7-8H,3-6H2,1-2H3,(H,9,10,11). The molecule has 12 heavy (non-hydrogen) atoms. The molecule has 0 saturated carbocycles. The van der Waals surface area contributed by atoms with Crippen LogP contribution in [0, 0.1) is 11.7 Å². The van der Waals surface area contributed by atoms with E-state index in [4.69, 9.17) is 4.55 Å². The molecular weight excluding hydrogens is 176 g/mol. The lowest BCUT2D eigenvalue weighted by Gasteiger charge is -2.02. The number of rotatable bonds is 6. The first-order valence-corrected chi connectivity index (χ1v) is 5.73. The third-order valence-corrected chi connectivity index (χ3v) is 2.22. The zero-order chi connectivity index (χ0) is 9.61. The molecule has 0 amide bonds. The van der Waals surface area contributed by atoms with Crippen LogP contribution in [-0.2, 0) is 10.1 Å². The van der Waals surface area contributed by atoms with Gasteiger partial charge >= 0.3 is 0 Å². The third kappa shape index (κ3) is 9.91. The van der Waals surface area contributed by atoms with Crippen LogP contribution in [0.4, 0.5) is 0 Å². The number of hydrogen-bond donors (Lipinski definition) is 1. The molecule has 0 aromatic rings. The van der Waals surface area contributed by atoms with Gasteiger partial charge in [0.2, 0.25) is 0 Å². The molecule has 3 nitrogen and oxygen atoms in total. The predicted molar refractivity (Wildman–Crippen MR) is 49.2 cm³/mol. The molecule has 0 aliphatic rings. The van der Waals surface area contributed by atoms with Gasteiger partial charge in [-0.1, -0.05) is 33.1 Å². The molecule has 0 saturated heterocycles. The first-order chi connectivity index (χ1) is 5.42. The van der Waals surface area contributed by atoms with Crippen LogP contribution in [0.2, 0.25) is 0 Å². The van der Waals surface area contributed by atoms with E-state index in [0.717, 1.165) is 25.0 Å². The van der Waals surface area contributed by atoms with Crippen LogP contribution in [0.15, 0.2) is 0 Å². The second-order valence-corrected chi connectivity index (χ2v) is 4.72. The fourth-order valence-electron chi connectivity index (χ4n) is 0.929. The molecule has 0 unspecified atom stereocenters. The Hall–Kier alpha value is -0.0900. The van der Waals surface area contributed by atoms with Gasteiger partial charge in [0.15, 0.2) is 0 Å². The van der Waals surface area contributed by atoms with Crippen LogP contribution in [0.5, 0.6) is 0 Å². The zero-order valence-corrected chi connectivity index (χ0v) is 8.47. The molecular formula is C8H17O3S. The summed E-state index contributed by atoms with van der Waals surface area (Å²) in [5.74, 6) is 1.63. The van der Waals surface area contributed by atoms with E-state index < -0.39 is 10.1 Å². The SMILES string of the molecule is CC(C)CCCC[CH]S(=O)(=O)O. The second-order valence-electron chi connectivity index (χ2n) is 3.36. The highest BCUT2D eigenvalue weighted by atomic mass is 32.2. The Morgan fingerprint density at radius 3 is 2.33 bits per heavy atom. The van der Waals surface area contributed by atoms with E-state index in [1.807, 2.05) is 0 Å². The summed E-state index contributed by atoms with van der Waals surface area (Å²) in [6, 6.07) is 0. The monoisotopic (exact) mass is 193 g/mol. The van der Waals surface area contributed by atoms with Crippen LogP contribution < -0.4 is 0 Å². The number of hydrogen-bond acceptors (Lipinski definition) is 2. The van der Waals surface area contributed by atoms with E-state index in [1.165, 1.54) is 0 Å². The number of unbranched alkanes of at least 4 members (excludes halogenated alkanes) is 2. The summed E-state index contributed by atoms with van der Waals surface area (Å²) in [6.45, 7) is 4.26. The highest BCUT2D eigenvalue weighted by Crippen LogP contribution is 2.10. The Kier molecular flexibility index (Phi) is 5.50. The minimum absolute atomic E-state index is 0.450. The van der Waals surface area contributed by atoms with Crippen LogP contribution in [0.25, 0.3) is 0 Å². The molecule has 73 valence electrons. The van der Waals surface area contributed by atoms with Crippen molar-refractivity contribution in [2.75, 3.05) is 0 Å². The Morgan fingerprint density at radius 1 is 1.33 bits per heavy atom. The van der Waals surface area contributed by atoms with Gasteiger partial charge in [-0.15, -0.1) is 0 Å². The van der Waals surface area contributed by atoms with Crippen LogP contribution in [-0.4, -0.2) is 13.0 Å². The second kappa shape index (κ2) is 5.54. The van der Waals surface area contributed by atoms with E-state index >= 15 is 0 Å². The Bertz CT molecular complexity index is 194. The van der Waals surface area contributed by atoms with Crippen molar-refractivity contribution in [3.63, 3.8) is 0 Å². The van der Waals surface area contributed by atoms with E-state index in [9.17, 15) is 8.42 Å². The maximum atomic E-state index is 10.2. The average Bonchev–Trinajstić information content (AvgIpc) is 1.83. The van der Waals surface area contributed by atoms with E-state index in [2.05, 4.69) is 13.8 Å². The first kappa shape index (κ1) is 11.9. The molecule has 0 aromatic carbocycles. The minimum atomic E-state index is -3.85. The first-order valence-electron chi connectivity index (χ1n) is 4.22. The highest BCUT2D eigenvalue weighted by molar-refractivity contribution is 7.87. The third-order valence-electron chi connectivity index (χ3n) is 1.56. The normalized spacial score (nSPS) is 12.3. The van der Waals surface area contributed by atoms with Crippen LogP contribution in [0.1, 0.15) is 39.5 Å². The Balaban J connectivity index is 3.23. The van der Waals surface area contributed by atoms with Gasteiger partial charge in [0, 0.05) is 0 Å². The molecule has 4 heteroatoms. The quantitative estimate of drug-likeness (QED) is 0.520. The zero-order valence-electron chi connectivity index (χ0n) is 7.66. The lowest BCUT2D eigenvalue weighted by Crippen LogP contribution is -1.97. The predicted octanol–water partition coefficient (Wildman–Crippen LogP) is 2.25. The van der Waals surface area contributed by atoms with Crippen molar-refractivity contribution in [2.45, 2.75) is 39.5 Å². The lowest BCUT2D eigenvalue weighted by atomic mass is 10.1. The molecule has 0 spiro atoms. The molecule has 0 rings (SSSR count). The molecule has 0 fully saturated rings. The van der Waals surface area contributed by atoms with Crippen molar-refractivity contribution in [2.24, 2.45) is 5.92 Å². The summed E-state index contributed by atoms with van der Waals surface area (Å²) in [5.41, 5.74) is 0. The molecule has 1 N–H and O–H groups in total. The molecule has 0 aliphatic heterocycles. The summed E-state index contributed by atoms with van der Waals surface area (Å²) in [7, 11) is -3.85. The smallest absolute Gasteiger partial charge is 0.269 e. The van der Waals surface area contributed by atoms with Crippen molar-refractivity contribution in [1.82, 2.24) is 0 Å². The molecule has 0 bridgehead atoms. The minimum Gasteiger partial charge on any atom is -0.285 e. The fraction of sp³-hybridized carbons (Fsp3) is 0.875. The van der Waals surface area contributed by atoms with Gasteiger partial charge in [-0.25, -0.2) is 0 Å². The van der Waals surface area contributed by atoms with Crippen LogP contribution in [0.3, 0.4) is 0 Å². The largest absolute Gasteiger partial charge is 0.285 e. The summed E-state index contributed by atoms with van der Waals surface area (Å²) < 4.78 is 28.8. The van der Waals surface area contributed by atoms with Gasteiger partial charge in [-0.05, 0) is 12.3 Å². The van der Waals surface area contributed by atoms with Gasteiger partial charge in [-0.3, -0.25) is 4.55 Å². The average molecular weight is 193 g/mol. The van der Waals surface area contributed by atoms with Crippen LogP contribution >= 0.6 is 0 Å². The molecule has 1 radical (unpaired) electrons. The summed E-state index contributed by atoms with van der Waals surface area (Å²) in [6.07, 6.45) is 3.41. The van der Waals surface area contributed by atoms with Gasteiger partial charge < -0.3 is 0 Å². The topological polar surface area (TPSA) is 54.4 Å². The summed E-state index contributed by atoms with van der Waals surface area (Å²) >= 11 is 0. The molecule has 0 heterocycles. The molecule has 0 aromatic heterocycles. The molecule has 0 atom stereocenters. The molecule has 0 aliphatic carbocycles.